The van der Waals surface area contributed by atoms with Crippen LogP contribution in [0.3, 0.4) is 0 Å². The molecule has 8 heteroatoms. The van der Waals surface area contributed by atoms with Crippen molar-refractivity contribution in [1.82, 2.24) is 9.79 Å². The van der Waals surface area contributed by atoms with Crippen LogP contribution in [0.15, 0.2) is 0 Å². The first-order chi connectivity index (χ1) is 8.00. The minimum absolute atomic E-state index is 0.183. The number of hydrogen-bond acceptors (Lipinski definition) is 4. The lowest BCUT2D eigenvalue weighted by Gasteiger charge is -2.16. The molecule has 1 rings (SSSR count). The first-order valence-electron chi connectivity index (χ1n) is 5.53. The molecule has 1 aliphatic carbocycles. The standard InChI is InChI=1S/C5H11NO3S.C5H11NO2/c1-6(9-2)10(7,8)5-3-4-5;1-5(2,3)6-4(7)8/h5H,3-4H2,1-2H3;6H,1-3H3,(H,7,8). The zero-order valence-corrected chi connectivity index (χ0v) is 12.2. The lowest BCUT2D eigenvalue weighted by molar-refractivity contribution is -0.0260. The summed E-state index contributed by atoms with van der Waals surface area (Å²) in [5.74, 6) is 0. The molecule has 1 fully saturated rings. The van der Waals surface area contributed by atoms with Crippen LogP contribution in [-0.4, -0.2) is 49.0 Å². The summed E-state index contributed by atoms with van der Waals surface area (Å²) in [6.45, 7) is 5.38. The molecule has 18 heavy (non-hydrogen) atoms. The average Bonchev–Trinajstić information content (AvgIpc) is 2.96. The van der Waals surface area contributed by atoms with E-state index in [1.165, 1.54) is 14.2 Å². The Balaban J connectivity index is 0.000000331. The number of sulfonamides is 1. The first kappa shape index (κ1) is 17.1. The van der Waals surface area contributed by atoms with Gasteiger partial charge in [-0.15, -0.1) is 0 Å². The van der Waals surface area contributed by atoms with Crippen LogP contribution >= 0.6 is 0 Å². The third-order valence-electron chi connectivity index (χ3n) is 2.04. The van der Waals surface area contributed by atoms with Crippen LogP contribution in [-0.2, 0) is 14.9 Å². The minimum atomic E-state index is -3.10. The number of nitrogens with one attached hydrogen (secondary N) is 1. The van der Waals surface area contributed by atoms with Gasteiger partial charge in [-0.1, -0.05) is 4.47 Å². The number of hydroxylamine groups is 1. The second-order valence-corrected chi connectivity index (χ2v) is 7.23. The Hall–Kier alpha value is -0.860. The Kier molecular flexibility index (Phi) is 6.05. The minimum Gasteiger partial charge on any atom is -0.465 e. The van der Waals surface area contributed by atoms with Crippen molar-refractivity contribution in [3.05, 3.63) is 0 Å². The number of carbonyl (C=O) groups is 1. The van der Waals surface area contributed by atoms with Crippen molar-refractivity contribution in [3.8, 4) is 0 Å². The second-order valence-electron chi connectivity index (χ2n) is 5.02. The van der Waals surface area contributed by atoms with Crippen LogP contribution in [0, 0.1) is 0 Å². The summed E-state index contributed by atoms with van der Waals surface area (Å²) in [7, 11) is -0.347. The van der Waals surface area contributed by atoms with Crippen molar-refractivity contribution in [2.75, 3.05) is 14.2 Å². The second kappa shape index (κ2) is 6.35. The normalized spacial score (nSPS) is 15.9. The van der Waals surface area contributed by atoms with Gasteiger partial charge in [-0.3, -0.25) is 4.84 Å². The molecular weight excluding hydrogens is 260 g/mol. The number of hydrogen-bond donors (Lipinski definition) is 2. The highest BCUT2D eigenvalue weighted by Gasteiger charge is 2.38. The summed E-state index contributed by atoms with van der Waals surface area (Å²) < 4.78 is 23.2. The van der Waals surface area contributed by atoms with Crippen molar-refractivity contribution < 1.29 is 23.2 Å². The Labute approximate surface area is 108 Å². The molecular formula is C10H22N2O5S. The highest BCUT2D eigenvalue weighted by Crippen LogP contribution is 2.30. The van der Waals surface area contributed by atoms with E-state index in [1.807, 2.05) is 0 Å². The molecule has 0 aromatic heterocycles. The topological polar surface area (TPSA) is 95.9 Å². The van der Waals surface area contributed by atoms with E-state index in [4.69, 9.17) is 5.11 Å². The summed E-state index contributed by atoms with van der Waals surface area (Å²) in [5, 5.41) is 10.3. The van der Waals surface area contributed by atoms with Crippen molar-refractivity contribution in [2.45, 2.75) is 44.4 Å². The molecule has 1 saturated carbocycles. The van der Waals surface area contributed by atoms with Crippen molar-refractivity contribution in [1.29, 1.82) is 0 Å². The third kappa shape index (κ3) is 6.77. The van der Waals surface area contributed by atoms with Gasteiger partial charge in [-0.25, -0.2) is 13.2 Å². The van der Waals surface area contributed by atoms with E-state index in [0.29, 0.717) is 0 Å². The molecule has 0 saturated heterocycles. The fraction of sp³-hybridized carbons (Fsp3) is 0.900. The predicted molar refractivity (Wildman–Crippen MR) is 67.6 cm³/mol. The quantitative estimate of drug-likeness (QED) is 0.754. The Morgan fingerprint density at radius 1 is 1.39 bits per heavy atom. The SMILES string of the molecule is CC(C)(C)NC(=O)O.CON(C)S(=O)(=O)C1CC1. The number of carboxylic acid groups (broad SMARTS) is 1. The van der Waals surface area contributed by atoms with Gasteiger partial charge in [0.2, 0.25) is 10.0 Å². The van der Waals surface area contributed by atoms with Crippen LogP contribution in [0.4, 0.5) is 4.79 Å². The van der Waals surface area contributed by atoms with Gasteiger partial charge < -0.3 is 10.4 Å². The van der Waals surface area contributed by atoms with E-state index in [0.717, 1.165) is 17.3 Å². The largest absolute Gasteiger partial charge is 0.465 e. The van der Waals surface area contributed by atoms with E-state index in [9.17, 15) is 13.2 Å². The van der Waals surface area contributed by atoms with Crippen LogP contribution in [0.1, 0.15) is 33.6 Å². The van der Waals surface area contributed by atoms with Gasteiger partial charge in [0, 0.05) is 12.6 Å². The van der Waals surface area contributed by atoms with Crippen LogP contribution in [0.2, 0.25) is 0 Å². The molecule has 0 atom stereocenters. The molecule has 0 aromatic carbocycles. The Morgan fingerprint density at radius 3 is 2.00 bits per heavy atom. The van der Waals surface area contributed by atoms with Crippen LogP contribution < -0.4 is 5.32 Å². The molecule has 0 unspecified atom stereocenters. The third-order valence-corrected chi connectivity index (χ3v) is 4.22. The smallest absolute Gasteiger partial charge is 0.405 e. The zero-order chi connectivity index (χ0) is 14.6. The molecule has 0 radical (unpaired) electrons. The maximum Gasteiger partial charge on any atom is 0.405 e. The summed E-state index contributed by atoms with van der Waals surface area (Å²) in [6.07, 6.45) is 0.573. The predicted octanol–water partition coefficient (Wildman–Crippen LogP) is 1.02. The number of nitrogens with zero attached hydrogens (tertiary/aromatic N) is 1. The molecule has 0 aliphatic heterocycles. The molecule has 0 bridgehead atoms. The van der Waals surface area contributed by atoms with Gasteiger partial charge in [0.05, 0.1) is 12.4 Å². The van der Waals surface area contributed by atoms with Crippen LogP contribution in [0.25, 0.3) is 0 Å². The molecule has 1 amide bonds. The van der Waals surface area contributed by atoms with Gasteiger partial charge in [-0.05, 0) is 33.6 Å². The number of rotatable bonds is 3. The van der Waals surface area contributed by atoms with Gasteiger partial charge in [0.25, 0.3) is 0 Å². The van der Waals surface area contributed by atoms with E-state index in [-0.39, 0.29) is 10.8 Å². The lowest BCUT2D eigenvalue weighted by Crippen LogP contribution is -2.39. The molecule has 0 aromatic rings. The Morgan fingerprint density at radius 2 is 1.83 bits per heavy atom. The molecule has 2 N–H and O–H groups in total. The fourth-order valence-corrected chi connectivity index (χ4v) is 2.36. The molecule has 0 spiro atoms. The van der Waals surface area contributed by atoms with Gasteiger partial charge in [0.15, 0.2) is 0 Å². The van der Waals surface area contributed by atoms with Crippen molar-refractivity contribution in [3.63, 3.8) is 0 Å². The lowest BCUT2D eigenvalue weighted by atomic mass is 10.1. The average molecular weight is 282 g/mol. The van der Waals surface area contributed by atoms with Gasteiger partial charge in [-0.2, -0.15) is 0 Å². The summed E-state index contributed by atoms with van der Waals surface area (Å²) in [6, 6.07) is 0. The van der Waals surface area contributed by atoms with E-state index in [1.54, 1.807) is 20.8 Å². The maximum absolute atomic E-state index is 11.1. The van der Waals surface area contributed by atoms with E-state index in [2.05, 4.69) is 10.2 Å². The molecule has 7 nitrogen and oxygen atoms in total. The highest BCUT2D eigenvalue weighted by atomic mass is 32.2. The van der Waals surface area contributed by atoms with Crippen molar-refractivity contribution >= 4 is 16.1 Å². The molecule has 1 aliphatic rings. The molecule has 108 valence electrons. The van der Waals surface area contributed by atoms with Crippen molar-refractivity contribution in [2.24, 2.45) is 0 Å². The Bertz CT molecular complexity index is 370. The zero-order valence-electron chi connectivity index (χ0n) is 11.4. The summed E-state index contributed by atoms with van der Waals surface area (Å²) in [4.78, 5) is 14.5. The van der Waals surface area contributed by atoms with E-state index < -0.39 is 16.1 Å². The van der Waals surface area contributed by atoms with E-state index >= 15 is 0 Å². The first-order valence-corrected chi connectivity index (χ1v) is 7.04. The number of amides is 1. The van der Waals surface area contributed by atoms with Gasteiger partial charge in [0.1, 0.15) is 0 Å². The summed E-state index contributed by atoms with van der Waals surface area (Å²) in [5.41, 5.74) is -0.328. The monoisotopic (exact) mass is 282 g/mol. The van der Waals surface area contributed by atoms with Crippen LogP contribution in [0.5, 0.6) is 0 Å². The highest BCUT2D eigenvalue weighted by molar-refractivity contribution is 7.89. The van der Waals surface area contributed by atoms with Gasteiger partial charge >= 0.3 is 6.09 Å². The molecule has 0 heterocycles. The fourth-order valence-electron chi connectivity index (χ4n) is 1.00. The maximum atomic E-state index is 11.1. The summed E-state index contributed by atoms with van der Waals surface area (Å²) >= 11 is 0.